The van der Waals surface area contributed by atoms with Gasteiger partial charge in [-0.2, -0.15) is 0 Å². The molecule has 0 bridgehead atoms. The van der Waals surface area contributed by atoms with Gasteiger partial charge in [0.1, 0.15) is 5.01 Å². The van der Waals surface area contributed by atoms with E-state index in [0.29, 0.717) is 11.5 Å². The molecule has 0 aromatic carbocycles. The summed E-state index contributed by atoms with van der Waals surface area (Å²) in [6, 6.07) is 0. The Balaban J connectivity index is 1.65. The molecule has 1 unspecified atom stereocenters. The van der Waals surface area contributed by atoms with E-state index >= 15 is 0 Å². The van der Waals surface area contributed by atoms with Gasteiger partial charge in [-0.15, -0.1) is 10.2 Å². The largest absolute Gasteiger partial charge is 0.384 e. The van der Waals surface area contributed by atoms with Crippen molar-refractivity contribution in [1.29, 1.82) is 0 Å². The molecule has 5 nitrogen and oxygen atoms in total. The van der Waals surface area contributed by atoms with Crippen molar-refractivity contribution in [2.75, 3.05) is 45.3 Å². The molecule has 2 fully saturated rings. The van der Waals surface area contributed by atoms with Gasteiger partial charge >= 0.3 is 0 Å². The summed E-state index contributed by atoms with van der Waals surface area (Å²) in [5, 5.41) is 10.5. The third kappa shape index (κ3) is 2.37. The van der Waals surface area contributed by atoms with Crippen molar-refractivity contribution in [2.45, 2.75) is 25.3 Å². The fourth-order valence-corrected chi connectivity index (χ4v) is 4.06. The van der Waals surface area contributed by atoms with Gasteiger partial charge in [0.25, 0.3) is 0 Å². The predicted molar refractivity (Wildman–Crippen MR) is 76.8 cm³/mol. The van der Waals surface area contributed by atoms with Crippen LogP contribution < -0.4 is 4.90 Å². The van der Waals surface area contributed by atoms with Crippen LogP contribution >= 0.6 is 11.3 Å². The molecule has 1 atom stereocenters. The van der Waals surface area contributed by atoms with E-state index < -0.39 is 0 Å². The first-order valence-corrected chi connectivity index (χ1v) is 7.70. The SMILES string of the molecule is COCC1CCN(C)C2(C1)CN(c1nnc(C)s1)C2. The number of methoxy groups -OCH3 is 1. The third-order valence-electron chi connectivity index (χ3n) is 4.51. The minimum atomic E-state index is 0.334. The summed E-state index contributed by atoms with van der Waals surface area (Å²) >= 11 is 1.69. The number of aryl methyl sites for hydroxylation is 1. The van der Waals surface area contributed by atoms with Crippen molar-refractivity contribution in [3.05, 3.63) is 5.01 Å². The summed E-state index contributed by atoms with van der Waals surface area (Å²) < 4.78 is 5.34. The quantitative estimate of drug-likeness (QED) is 0.838. The van der Waals surface area contributed by atoms with Crippen LogP contribution in [0.25, 0.3) is 0 Å². The number of nitrogens with zero attached hydrogens (tertiary/aromatic N) is 4. The molecule has 19 heavy (non-hydrogen) atoms. The number of rotatable bonds is 3. The lowest BCUT2D eigenvalue weighted by Crippen LogP contribution is -2.72. The van der Waals surface area contributed by atoms with E-state index in [1.807, 2.05) is 14.0 Å². The average molecular weight is 282 g/mol. The topological polar surface area (TPSA) is 41.5 Å². The molecule has 0 aliphatic carbocycles. The molecular weight excluding hydrogens is 260 g/mol. The van der Waals surface area contributed by atoms with Crippen LogP contribution in [0.1, 0.15) is 17.8 Å². The van der Waals surface area contributed by atoms with Crippen LogP contribution in [0.15, 0.2) is 0 Å². The molecule has 2 saturated heterocycles. The third-order valence-corrected chi connectivity index (χ3v) is 5.41. The number of hydrogen-bond donors (Lipinski definition) is 0. The molecule has 3 rings (SSSR count). The normalized spacial score (nSPS) is 26.7. The molecular formula is C13H22N4OS. The van der Waals surface area contributed by atoms with Crippen molar-refractivity contribution >= 4 is 16.5 Å². The smallest absolute Gasteiger partial charge is 0.208 e. The number of hydrogen-bond acceptors (Lipinski definition) is 6. The highest BCUT2D eigenvalue weighted by Crippen LogP contribution is 2.40. The Morgan fingerprint density at radius 1 is 1.42 bits per heavy atom. The van der Waals surface area contributed by atoms with Gasteiger partial charge in [0, 0.05) is 26.8 Å². The van der Waals surface area contributed by atoms with Crippen LogP contribution in [-0.2, 0) is 4.74 Å². The molecule has 3 heterocycles. The second kappa shape index (κ2) is 5.00. The maximum absolute atomic E-state index is 5.34. The Morgan fingerprint density at radius 3 is 2.84 bits per heavy atom. The minimum Gasteiger partial charge on any atom is -0.384 e. The number of aromatic nitrogens is 2. The highest BCUT2D eigenvalue weighted by Gasteiger charge is 2.50. The van der Waals surface area contributed by atoms with Crippen LogP contribution in [-0.4, -0.2) is 61.0 Å². The van der Waals surface area contributed by atoms with Crippen molar-refractivity contribution in [3.8, 4) is 0 Å². The number of likely N-dealkylation sites (N-methyl/N-ethyl adjacent to an activating group) is 1. The fraction of sp³-hybridized carbons (Fsp3) is 0.846. The number of ether oxygens (including phenoxy) is 1. The molecule has 1 aromatic heterocycles. The summed E-state index contributed by atoms with van der Waals surface area (Å²) in [7, 11) is 4.06. The molecule has 0 saturated carbocycles. The first kappa shape index (κ1) is 13.3. The van der Waals surface area contributed by atoms with E-state index in [9.17, 15) is 0 Å². The van der Waals surface area contributed by atoms with E-state index in [4.69, 9.17) is 4.74 Å². The maximum atomic E-state index is 5.34. The van der Waals surface area contributed by atoms with E-state index in [-0.39, 0.29) is 0 Å². The number of likely N-dealkylation sites (tertiary alicyclic amines) is 1. The molecule has 1 aromatic rings. The monoisotopic (exact) mass is 282 g/mol. The zero-order chi connectivity index (χ0) is 13.5. The summed E-state index contributed by atoms with van der Waals surface area (Å²) in [6.07, 6.45) is 2.50. The zero-order valence-corrected chi connectivity index (χ0v) is 12.7. The van der Waals surface area contributed by atoms with Gasteiger partial charge in [-0.25, -0.2) is 0 Å². The summed E-state index contributed by atoms with van der Waals surface area (Å²) in [5.74, 6) is 0.708. The van der Waals surface area contributed by atoms with Crippen LogP contribution in [0.5, 0.6) is 0 Å². The van der Waals surface area contributed by atoms with Crippen LogP contribution in [0.3, 0.4) is 0 Å². The Kier molecular flexibility index (Phi) is 3.49. The summed E-state index contributed by atoms with van der Waals surface area (Å²) in [6.45, 7) is 6.25. The standard InChI is InChI=1S/C13H22N4OS/c1-10-14-15-12(19-10)17-8-13(9-17)6-11(7-18-3)4-5-16(13)2/h11H,4-9H2,1-3H3. The molecule has 106 valence electrons. The minimum absolute atomic E-state index is 0.334. The van der Waals surface area contributed by atoms with Gasteiger partial charge in [-0.1, -0.05) is 11.3 Å². The van der Waals surface area contributed by atoms with Crippen molar-refractivity contribution < 1.29 is 4.74 Å². The predicted octanol–water partition coefficient (Wildman–Crippen LogP) is 1.39. The Bertz CT molecular complexity index is 444. The van der Waals surface area contributed by atoms with Gasteiger partial charge < -0.3 is 9.64 Å². The average Bonchev–Trinajstić information content (AvgIpc) is 2.75. The van der Waals surface area contributed by atoms with E-state index in [0.717, 1.165) is 29.8 Å². The lowest BCUT2D eigenvalue weighted by Gasteiger charge is -2.58. The molecule has 1 spiro atoms. The first-order valence-electron chi connectivity index (χ1n) is 6.88. The van der Waals surface area contributed by atoms with E-state index in [1.165, 1.54) is 19.4 Å². The lowest BCUT2D eigenvalue weighted by atomic mass is 9.75. The number of anilines is 1. The molecule has 2 aliphatic heterocycles. The molecule has 0 N–H and O–H groups in total. The van der Waals surface area contributed by atoms with Gasteiger partial charge in [0.05, 0.1) is 5.54 Å². The lowest BCUT2D eigenvalue weighted by molar-refractivity contribution is -0.00380. The Hall–Kier alpha value is -0.720. The van der Waals surface area contributed by atoms with Crippen LogP contribution in [0.2, 0.25) is 0 Å². The Morgan fingerprint density at radius 2 is 2.21 bits per heavy atom. The molecule has 0 radical (unpaired) electrons. The second-order valence-electron chi connectivity index (χ2n) is 5.92. The number of piperidine rings is 1. The molecule has 2 aliphatic rings. The zero-order valence-electron chi connectivity index (χ0n) is 11.9. The summed E-state index contributed by atoms with van der Waals surface area (Å²) in [4.78, 5) is 4.89. The fourth-order valence-electron chi connectivity index (χ4n) is 3.37. The van der Waals surface area contributed by atoms with Gasteiger partial charge in [-0.05, 0) is 39.3 Å². The van der Waals surface area contributed by atoms with Crippen LogP contribution in [0.4, 0.5) is 5.13 Å². The molecule has 6 heteroatoms. The van der Waals surface area contributed by atoms with E-state index in [1.54, 1.807) is 11.3 Å². The van der Waals surface area contributed by atoms with Gasteiger partial charge in [0.15, 0.2) is 0 Å². The van der Waals surface area contributed by atoms with Crippen molar-refractivity contribution in [1.82, 2.24) is 15.1 Å². The van der Waals surface area contributed by atoms with E-state index in [2.05, 4.69) is 27.0 Å². The van der Waals surface area contributed by atoms with Gasteiger partial charge in [0.2, 0.25) is 5.13 Å². The second-order valence-corrected chi connectivity index (χ2v) is 7.08. The Labute approximate surface area is 118 Å². The highest BCUT2D eigenvalue weighted by molar-refractivity contribution is 7.15. The molecule has 0 amide bonds. The first-order chi connectivity index (χ1) is 9.13. The van der Waals surface area contributed by atoms with Crippen molar-refractivity contribution in [3.63, 3.8) is 0 Å². The highest BCUT2D eigenvalue weighted by atomic mass is 32.1. The van der Waals surface area contributed by atoms with Crippen LogP contribution in [0, 0.1) is 12.8 Å². The maximum Gasteiger partial charge on any atom is 0.208 e. The van der Waals surface area contributed by atoms with Gasteiger partial charge in [-0.3, -0.25) is 4.90 Å². The summed E-state index contributed by atoms with van der Waals surface area (Å²) in [5.41, 5.74) is 0.334. The van der Waals surface area contributed by atoms with Crippen molar-refractivity contribution in [2.24, 2.45) is 5.92 Å².